The van der Waals surface area contributed by atoms with Crippen LogP contribution in [0.5, 0.6) is 0 Å². The Hall–Kier alpha value is 0.430. The molecule has 0 saturated heterocycles. The van der Waals surface area contributed by atoms with Crippen LogP contribution in [0.15, 0.2) is 0 Å². The molecule has 0 saturated carbocycles. The van der Waals surface area contributed by atoms with E-state index in [9.17, 15) is 0 Å². The molecule has 0 aliphatic carbocycles. The summed E-state index contributed by atoms with van der Waals surface area (Å²) in [5, 5.41) is 0. The Morgan fingerprint density at radius 1 is 0.800 bits per heavy atom. The molecule has 0 radical (unpaired) electrons. The van der Waals surface area contributed by atoms with Crippen LogP contribution in [0.25, 0.3) is 0 Å². The molecule has 5 heavy (non-hydrogen) atoms. The highest BCUT2D eigenvalue weighted by Crippen LogP contribution is 1.46. The molecule has 0 N–H and O–H groups in total. The third-order valence-electron chi connectivity index (χ3n) is 0. The Morgan fingerprint density at radius 3 is 0.800 bits per heavy atom. The molecule has 0 aliphatic heterocycles. The lowest BCUT2D eigenvalue weighted by atomic mass is 12.0. The van der Waals surface area contributed by atoms with E-state index in [-0.39, 0.29) is 22.3 Å². The molecular weight excluding hydrogens is 79.0 g/mol. The van der Waals surface area contributed by atoms with E-state index in [4.69, 9.17) is 0 Å². The summed E-state index contributed by atoms with van der Waals surface area (Å²) < 4.78 is 0. The van der Waals surface area contributed by atoms with Crippen molar-refractivity contribution in [3.05, 3.63) is 0 Å². The van der Waals surface area contributed by atoms with Crippen molar-refractivity contribution in [3.8, 4) is 0 Å². The molecule has 0 aromatic heterocycles. The van der Waals surface area contributed by atoms with E-state index in [1.165, 1.54) is 0 Å². The molecule has 1 unspecified atom stereocenters. The summed E-state index contributed by atoms with van der Waals surface area (Å²) in [5.74, 6) is 0. The standard InChI is InChI=1S/CH5P.3CH4/c1-2;;;/h2H2,1H3;3*1H4. The number of rotatable bonds is 0. The maximum absolute atomic E-state index is 2.42. The van der Waals surface area contributed by atoms with E-state index in [0.717, 1.165) is 0 Å². The van der Waals surface area contributed by atoms with Crippen LogP contribution in [0, 0.1) is 0 Å². The van der Waals surface area contributed by atoms with Gasteiger partial charge in [0.1, 0.15) is 0 Å². The van der Waals surface area contributed by atoms with Crippen molar-refractivity contribution in [2.45, 2.75) is 22.3 Å². The molecule has 0 heterocycles. The molecule has 0 amide bonds. The van der Waals surface area contributed by atoms with Gasteiger partial charge in [-0.1, -0.05) is 28.9 Å². The summed E-state index contributed by atoms with van der Waals surface area (Å²) in [6.07, 6.45) is 0. The first-order valence-electron chi connectivity index (χ1n) is 0.577. The highest BCUT2D eigenvalue weighted by Gasteiger charge is 0.906. The smallest absolute Gasteiger partial charge is 0.0500 e. The molecule has 1 atom stereocenters. The topological polar surface area (TPSA) is 0 Å². The quantitative estimate of drug-likeness (QED) is 0.406. The van der Waals surface area contributed by atoms with Crippen molar-refractivity contribution in [2.24, 2.45) is 0 Å². The van der Waals surface area contributed by atoms with Crippen LogP contribution in [-0.4, -0.2) is 6.66 Å². The molecule has 0 fully saturated rings. The first-order valence-corrected chi connectivity index (χ1v) is 1.73. The number of hydrogen-bond donors (Lipinski definition) is 0. The van der Waals surface area contributed by atoms with Gasteiger partial charge in [0.05, 0.1) is 0 Å². The molecule has 0 spiro atoms. The van der Waals surface area contributed by atoms with Gasteiger partial charge in [-0.15, -0.1) is 9.24 Å². The van der Waals surface area contributed by atoms with Crippen molar-refractivity contribution in [1.29, 1.82) is 0 Å². The van der Waals surface area contributed by atoms with Gasteiger partial charge >= 0.3 is 0 Å². The summed E-state index contributed by atoms with van der Waals surface area (Å²) in [6, 6.07) is 0. The normalized spacial score (nSPS) is 1.20. The van der Waals surface area contributed by atoms with Gasteiger partial charge in [0.25, 0.3) is 0 Å². The minimum Gasteiger partial charge on any atom is -0.141 e. The monoisotopic (exact) mass is 96.1 g/mol. The molecule has 0 bridgehead atoms. The van der Waals surface area contributed by atoms with E-state index >= 15 is 0 Å². The van der Waals surface area contributed by atoms with Gasteiger partial charge in [-0.05, 0) is 0 Å². The predicted molar refractivity (Wildman–Crippen MR) is 35.8 cm³/mol. The van der Waals surface area contributed by atoms with Crippen molar-refractivity contribution in [1.82, 2.24) is 0 Å². The van der Waals surface area contributed by atoms with Gasteiger partial charge in [-0.3, -0.25) is 0 Å². The van der Waals surface area contributed by atoms with E-state index in [0.29, 0.717) is 0 Å². The van der Waals surface area contributed by atoms with E-state index < -0.39 is 0 Å². The van der Waals surface area contributed by atoms with Crippen LogP contribution in [0.1, 0.15) is 22.3 Å². The Bertz CT molecular complexity index is 3.61. The van der Waals surface area contributed by atoms with Crippen molar-refractivity contribution >= 4 is 9.24 Å². The summed E-state index contributed by atoms with van der Waals surface area (Å²) in [4.78, 5) is 0. The minimum absolute atomic E-state index is 0. The minimum atomic E-state index is 0. The fourth-order valence-corrected chi connectivity index (χ4v) is 0. The first kappa shape index (κ1) is 52.1. The molecule has 0 nitrogen and oxygen atoms in total. The average Bonchev–Trinajstić information content (AvgIpc) is 1.00. The van der Waals surface area contributed by atoms with Crippen molar-refractivity contribution < 1.29 is 0 Å². The summed E-state index contributed by atoms with van der Waals surface area (Å²) in [5.41, 5.74) is 0. The molecule has 1 heteroatoms. The lowest BCUT2D eigenvalue weighted by Crippen LogP contribution is -0.804. The van der Waals surface area contributed by atoms with Gasteiger partial charge < -0.3 is 0 Å². The van der Waals surface area contributed by atoms with Gasteiger partial charge in [0, 0.05) is 0 Å². The van der Waals surface area contributed by atoms with Gasteiger partial charge in [0.2, 0.25) is 0 Å². The molecule has 38 valence electrons. The van der Waals surface area contributed by atoms with Crippen LogP contribution in [0.3, 0.4) is 0 Å². The van der Waals surface area contributed by atoms with E-state index in [1.54, 1.807) is 0 Å². The zero-order valence-corrected chi connectivity index (χ0v) is 2.73. The van der Waals surface area contributed by atoms with Crippen molar-refractivity contribution in [2.75, 3.05) is 6.66 Å². The van der Waals surface area contributed by atoms with Crippen LogP contribution >= 0.6 is 9.24 Å². The van der Waals surface area contributed by atoms with Crippen LogP contribution in [0.2, 0.25) is 0 Å². The summed E-state index contributed by atoms with van der Waals surface area (Å²) in [6.45, 7) is 1.92. The second-order valence-corrected chi connectivity index (χ2v) is 0. The van der Waals surface area contributed by atoms with Gasteiger partial charge in [-0.25, -0.2) is 0 Å². The van der Waals surface area contributed by atoms with Crippen LogP contribution in [0.4, 0.5) is 0 Å². The Balaban J connectivity index is -0.00000000167. The fraction of sp³-hybridized carbons (Fsp3) is 1.00. The molecular formula is C4H17P. The Labute approximate surface area is 39.2 Å². The second-order valence-electron chi connectivity index (χ2n) is 0. The van der Waals surface area contributed by atoms with Crippen LogP contribution < -0.4 is 0 Å². The zero-order valence-electron chi connectivity index (χ0n) is 1.58. The van der Waals surface area contributed by atoms with E-state index in [1.807, 2.05) is 6.66 Å². The summed E-state index contributed by atoms with van der Waals surface area (Å²) >= 11 is 0. The molecule has 0 aromatic carbocycles. The molecule has 0 rings (SSSR count). The maximum atomic E-state index is 2.42. The zero-order chi connectivity index (χ0) is 2.00. The lowest BCUT2D eigenvalue weighted by molar-refractivity contribution is 2.50. The summed E-state index contributed by atoms with van der Waals surface area (Å²) in [7, 11) is 2.42. The molecule has 0 aromatic rings. The SMILES string of the molecule is C.C.C.CP. The third kappa shape index (κ3) is 141. The largest absolute Gasteiger partial charge is 0.141 e. The second kappa shape index (κ2) is 282. The lowest BCUT2D eigenvalue weighted by Gasteiger charge is -1.10. The Morgan fingerprint density at radius 2 is 0.800 bits per heavy atom. The Kier molecular flexibility index (Phi) is 2940. The third-order valence-corrected chi connectivity index (χ3v) is 0. The maximum Gasteiger partial charge on any atom is -0.0500 e. The molecule has 0 aliphatic rings. The predicted octanol–water partition coefficient (Wildman–Crippen LogP) is 2.40. The van der Waals surface area contributed by atoms with Crippen molar-refractivity contribution in [3.63, 3.8) is 0 Å². The van der Waals surface area contributed by atoms with Crippen LogP contribution in [-0.2, 0) is 0 Å². The van der Waals surface area contributed by atoms with E-state index in [2.05, 4.69) is 9.24 Å². The fourth-order valence-electron chi connectivity index (χ4n) is 0. The highest BCUT2D eigenvalue weighted by molar-refractivity contribution is 7.15. The van der Waals surface area contributed by atoms with Gasteiger partial charge in [-0.2, -0.15) is 0 Å². The highest BCUT2D eigenvalue weighted by atomic mass is 31.0. The first-order chi connectivity index (χ1) is 1.00. The number of hydrogen-bond acceptors (Lipinski definition) is 0. The average molecular weight is 96.2 g/mol. The van der Waals surface area contributed by atoms with Gasteiger partial charge in [0.15, 0.2) is 0 Å².